The highest BCUT2D eigenvalue weighted by Crippen LogP contribution is 2.32. The summed E-state index contributed by atoms with van der Waals surface area (Å²) in [6.07, 6.45) is 3.55. The molecule has 1 saturated carbocycles. The van der Waals surface area contributed by atoms with E-state index < -0.39 is 5.97 Å². The van der Waals surface area contributed by atoms with E-state index in [0.717, 1.165) is 30.1 Å². The molecule has 0 bridgehead atoms. The summed E-state index contributed by atoms with van der Waals surface area (Å²) < 4.78 is 6.04. The Kier molecular flexibility index (Phi) is 4.46. The minimum Gasteiger partial charge on any atom is -0.490 e. The van der Waals surface area contributed by atoms with Gasteiger partial charge < -0.3 is 9.84 Å². The second kappa shape index (κ2) is 6.09. The molecule has 2 rings (SSSR count). The molecule has 0 heterocycles. The third kappa shape index (κ3) is 3.72. The van der Waals surface area contributed by atoms with Crippen molar-refractivity contribution in [1.29, 1.82) is 0 Å². The Labute approximate surface area is 114 Å². The highest BCUT2D eigenvalue weighted by molar-refractivity contribution is 5.71. The summed E-state index contributed by atoms with van der Waals surface area (Å²) in [6.45, 7) is 4.56. The van der Waals surface area contributed by atoms with E-state index in [1.54, 1.807) is 0 Å². The largest absolute Gasteiger partial charge is 0.490 e. The van der Waals surface area contributed by atoms with Gasteiger partial charge in [-0.05, 0) is 37.2 Å². The molecular formula is C16H22O3. The molecule has 3 heteroatoms. The first-order valence-corrected chi connectivity index (χ1v) is 7.02. The minimum absolute atomic E-state index is 0.0227. The van der Waals surface area contributed by atoms with Crippen LogP contribution in [0.3, 0.4) is 0 Å². The van der Waals surface area contributed by atoms with Crippen LogP contribution in [0.2, 0.25) is 0 Å². The molecule has 1 aliphatic carbocycles. The Bertz CT molecular complexity index is 441. The fourth-order valence-electron chi connectivity index (χ4n) is 2.71. The van der Waals surface area contributed by atoms with E-state index in [-0.39, 0.29) is 12.5 Å². The van der Waals surface area contributed by atoms with Crippen molar-refractivity contribution < 1.29 is 14.6 Å². The summed E-state index contributed by atoms with van der Waals surface area (Å²) in [5.74, 6) is 1.35. The first-order valence-electron chi connectivity index (χ1n) is 7.02. The number of hydrogen-bond donors (Lipinski definition) is 1. The molecule has 1 aliphatic rings. The summed E-state index contributed by atoms with van der Waals surface area (Å²) in [7, 11) is 0. The van der Waals surface area contributed by atoms with Crippen molar-refractivity contribution in [3.05, 3.63) is 29.8 Å². The molecule has 1 aromatic rings. The molecule has 3 atom stereocenters. The third-order valence-electron chi connectivity index (χ3n) is 4.16. The van der Waals surface area contributed by atoms with Gasteiger partial charge >= 0.3 is 5.97 Å². The number of aliphatic carboxylic acids is 1. The van der Waals surface area contributed by atoms with Gasteiger partial charge in [-0.3, -0.25) is 4.79 Å². The van der Waals surface area contributed by atoms with Crippen LogP contribution in [-0.2, 0) is 11.2 Å². The monoisotopic (exact) mass is 262 g/mol. The van der Waals surface area contributed by atoms with Crippen LogP contribution in [-0.4, -0.2) is 17.2 Å². The van der Waals surface area contributed by atoms with E-state index in [9.17, 15) is 4.79 Å². The van der Waals surface area contributed by atoms with Crippen molar-refractivity contribution in [2.24, 2.45) is 11.8 Å². The van der Waals surface area contributed by atoms with Gasteiger partial charge in [0.25, 0.3) is 0 Å². The van der Waals surface area contributed by atoms with Gasteiger partial charge in [0.15, 0.2) is 0 Å². The number of para-hydroxylation sites is 1. The standard InChI is InChI=1S/C16H22O3/c1-11-7-8-14(9-12(11)2)19-15-6-4-3-5-13(15)10-16(17)18/h3-6,11-12,14H,7-10H2,1-2H3,(H,17,18). The predicted octanol–water partition coefficient (Wildman–Crippen LogP) is 3.52. The molecule has 0 aliphatic heterocycles. The highest BCUT2D eigenvalue weighted by atomic mass is 16.5. The molecule has 0 spiro atoms. The fraction of sp³-hybridized carbons (Fsp3) is 0.562. The fourth-order valence-corrected chi connectivity index (χ4v) is 2.71. The van der Waals surface area contributed by atoms with Crippen molar-refractivity contribution in [2.75, 3.05) is 0 Å². The van der Waals surface area contributed by atoms with E-state index in [4.69, 9.17) is 9.84 Å². The molecule has 0 saturated heterocycles. The van der Waals surface area contributed by atoms with E-state index in [1.807, 2.05) is 24.3 Å². The minimum atomic E-state index is -0.818. The van der Waals surface area contributed by atoms with Crippen LogP contribution in [0.15, 0.2) is 24.3 Å². The predicted molar refractivity (Wildman–Crippen MR) is 74.4 cm³/mol. The Morgan fingerprint density at radius 2 is 2.00 bits per heavy atom. The zero-order valence-electron chi connectivity index (χ0n) is 11.6. The van der Waals surface area contributed by atoms with Crippen molar-refractivity contribution in [2.45, 2.75) is 45.6 Å². The number of rotatable bonds is 4. The maximum Gasteiger partial charge on any atom is 0.307 e. The summed E-state index contributed by atoms with van der Waals surface area (Å²) in [5, 5.41) is 8.92. The number of carboxylic acids is 1. The van der Waals surface area contributed by atoms with Gasteiger partial charge in [-0.2, -0.15) is 0 Å². The Hall–Kier alpha value is -1.51. The Morgan fingerprint density at radius 1 is 1.26 bits per heavy atom. The van der Waals surface area contributed by atoms with Gasteiger partial charge in [0.2, 0.25) is 0 Å². The van der Waals surface area contributed by atoms with Crippen LogP contribution in [0.25, 0.3) is 0 Å². The lowest BCUT2D eigenvalue weighted by Gasteiger charge is -2.32. The lowest BCUT2D eigenvalue weighted by molar-refractivity contribution is -0.136. The topological polar surface area (TPSA) is 46.5 Å². The number of carbonyl (C=O) groups is 1. The third-order valence-corrected chi connectivity index (χ3v) is 4.16. The van der Waals surface area contributed by atoms with Crippen molar-refractivity contribution in [1.82, 2.24) is 0 Å². The summed E-state index contributed by atoms with van der Waals surface area (Å²) in [4.78, 5) is 10.9. The summed E-state index contributed by atoms with van der Waals surface area (Å²) >= 11 is 0. The van der Waals surface area contributed by atoms with Crippen LogP contribution in [0.1, 0.15) is 38.7 Å². The molecule has 0 radical (unpaired) electrons. The van der Waals surface area contributed by atoms with Gasteiger partial charge in [-0.25, -0.2) is 0 Å². The van der Waals surface area contributed by atoms with Crippen LogP contribution < -0.4 is 4.74 Å². The van der Waals surface area contributed by atoms with E-state index in [1.165, 1.54) is 6.42 Å². The highest BCUT2D eigenvalue weighted by Gasteiger charge is 2.26. The van der Waals surface area contributed by atoms with Gasteiger partial charge in [0, 0.05) is 5.56 Å². The van der Waals surface area contributed by atoms with Gasteiger partial charge in [0.1, 0.15) is 5.75 Å². The van der Waals surface area contributed by atoms with Gasteiger partial charge in [-0.15, -0.1) is 0 Å². The Morgan fingerprint density at radius 3 is 2.68 bits per heavy atom. The second-order valence-corrected chi connectivity index (χ2v) is 5.69. The van der Waals surface area contributed by atoms with E-state index >= 15 is 0 Å². The maximum absolute atomic E-state index is 10.9. The van der Waals surface area contributed by atoms with Gasteiger partial charge in [0.05, 0.1) is 12.5 Å². The summed E-state index contributed by atoms with van der Waals surface area (Å²) in [6, 6.07) is 7.46. The number of hydrogen-bond acceptors (Lipinski definition) is 2. The van der Waals surface area contributed by atoms with Crippen LogP contribution >= 0.6 is 0 Å². The van der Waals surface area contributed by atoms with E-state index in [2.05, 4.69) is 13.8 Å². The van der Waals surface area contributed by atoms with Gasteiger partial charge in [-0.1, -0.05) is 32.0 Å². The Balaban J connectivity index is 2.04. The molecule has 1 fully saturated rings. The first kappa shape index (κ1) is 13.9. The normalized spacial score (nSPS) is 26.9. The molecule has 0 amide bonds. The molecule has 104 valence electrons. The number of ether oxygens (including phenoxy) is 1. The van der Waals surface area contributed by atoms with Crippen molar-refractivity contribution in [3.8, 4) is 5.75 Å². The number of carboxylic acid groups (broad SMARTS) is 1. The van der Waals surface area contributed by atoms with E-state index in [0.29, 0.717) is 5.92 Å². The average molecular weight is 262 g/mol. The zero-order chi connectivity index (χ0) is 13.8. The lowest BCUT2D eigenvalue weighted by Crippen LogP contribution is -2.29. The van der Waals surface area contributed by atoms with Crippen LogP contribution in [0.4, 0.5) is 0 Å². The molecule has 3 nitrogen and oxygen atoms in total. The summed E-state index contributed by atoms with van der Waals surface area (Å²) in [5.41, 5.74) is 0.765. The smallest absolute Gasteiger partial charge is 0.307 e. The maximum atomic E-state index is 10.9. The lowest BCUT2D eigenvalue weighted by atomic mass is 9.80. The molecule has 0 aromatic heterocycles. The van der Waals surface area contributed by atoms with Crippen molar-refractivity contribution >= 4 is 5.97 Å². The number of benzene rings is 1. The molecule has 1 N–H and O–H groups in total. The molecular weight excluding hydrogens is 240 g/mol. The van der Waals surface area contributed by atoms with Crippen LogP contribution in [0, 0.1) is 11.8 Å². The first-order chi connectivity index (χ1) is 9.06. The molecule has 1 aromatic carbocycles. The molecule has 19 heavy (non-hydrogen) atoms. The van der Waals surface area contributed by atoms with Crippen LogP contribution in [0.5, 0.6) is 5.75 Å². The SMILES string of the molecule is CC1CCC(Oc2ccccc2CC(=O)O)CC1C. The zero-order valence-corrected chi connectivity index (χ0v) is 11.6. The quantitative estimate of drug-likeness (QED) is 0.903. The second-order valence-electron chi connectivity index (χ2n) is 5.69. The average Bonchev–Trinajstić information content (AvgIpc) is 2.36. The van der Waals surface area contributed by atoms with Crippen molar-refractivity contribution in [3.63, 3.8) is 0 Å². The molecule has 3 unspecified atom stereocenters.